The maximum absolute atomic E-state index is 11.0. The first-order chi connectivity index (χ1) is 8.61. The molecule has 0 radical (unpaired) electrons. The molecule has 0 spiro atoms. The second-order valence-electron chi connectivity index (χ2n) is 3.55. The van der Waals surface area contributed by atoms with Crippen LogP contribution in [-0.4, -0.2) is 9.85 Å². The average Bonchev–Trinajstić information content (AvgIpc) is 2.38. The summed E-state index contributed by atoms with van der Waals surface area (Å²) in [7, 11) is 0. The summed E-state index contributed by atoms with van der Waals surface area (Å²) >= 11 is 0. The van der Waals surface area contributed by atoms with Crippen molar-refractivity contribution in [1.82, 2.24) is 0 Å². The Hall–Kier alpha value is -0.111. The Morgan fingerprint density at radius 2 is 1.22 bits per heavy atom. The van der Waals surface area contributed by atoms with Gasteiger partial charge in [0, 0.05) is 87.8 Å². The molecule has 0 saturated heterocycles. The van der Waals surface area contributed by atoms with E-state index in [0.717, 1.165) is 6.07 Å². The molecule has 138 valence electrons. The van der Waals surface area contributed by atoms with Crippen LogP contribution < -0.4 is 0 Å². The molecule has 0 unspecified atom stereocenters. The molecular weight excluding hydrogens is 674 g/mol. The van der Waals surface area contributed by atoms with E-state index in [0.29, 0.717) is 5.56 Å². The van der Waals surface area contributed by atoms with Crippen LogP contribution in [0.15, 0.2) is 48.5 Å². The normalized spacial score (nSPS) is 7.83. The number of nitro groups is 2. The largest absolute Gasteiger partial charge is 0.353 e. The maximum atomic E-state index is 11.0. The molecule has 0 aromatic heterocycles. The molecule has 0 fully saturated rings. The molecule has 0 aliphatic carbocycles. The first kappa shape index (κ1) is 30.7. The Morgan fingerprint density at radius 3 is 1.65 bits per heavy atom. The van der Waals surface area contributed by atoms with Crippen LogP contribution in [0, 0.1) is 20.2 Å². The summed E-state index contributed by atoms with van der Waals surface area (Å²) in [5.74, 6) is 0. The van der Waals surface area contributed by atoms with Gasteiger partial charge in [-0.05, 0) is 11.6 Å². The van der Waals surface area contributed by atoms with Gasteiger partial charge in [-0.15, -0.1) is 0 Å². The van der Waals surface area contributed by atoms with E-state index in [1.54, 1.807) is 30.3 Å². The summed E-state index contributed by atoms with van der Waals surface area (Å²) in [6, 6.07) is 12.6. The van der Waals surface area contributed by atoms with Gasteiger partial charge in [0.25, 0.3) is 0 Å². The predicted molar refractivity (Wildman–Crippen MR) is 71.9 cm³/mol. The number of para-hydroxylation sites is 1. The van der Waals surface area contributed by atoms with Crippen molar-refractivity contribution in [1.29, 1.82) is 0 Å². The number of hydrogen-bond donors (Lipinski definition) is 0. The maximum Gasteiger partial charge on any atom is 0.353 e. The summed E-state index contributed by atoms with van der Waals surface area (Å²) in [4.78, 5) is 20.4. The van der Waals surface area contributed by atoms with Crippen LogP contribution in [0.2, 0.25) is 0 Å². The van der Waals surface area contributed by atoms with Gasteiger partial charge in [-0.25, -0.2) is 0 Å². The van der Waals surface area contributed by atoms with Gasteiger partial charge in [-0.1, -0.05) is 43.8 Å². The van der Waals surface area contributed by atoms with E-state index in [1.807, 2.05) is 0 Å². The van der Waals surface area contributed by atoms with E-state index in [4.69, 9.17) is 0 Å². The Bertz CT molecular complexity index is 627. The van der Waals surface area contributed by atoms with Gasteiger partial charge in [0.1, 0.15) is 0 Å². The minimum absolute atomic E-state index is 0. The Kier molecular flexibility index (Phi) is 19.0. The third kappa shape index (κ3) is 7.54. The van der Waals surface area contributed by atoms with Crippen molar-refractivity contribution in [3.63, 3.8) is 0 Å². The van der Waals surface area contributed by atoms with Crippen LogP contribution in [0.4, 0.5) is 11.4 Å². The monoisotopic (exact) mass is 684 g/mol. The van der Waals surface area contributed by atoms with Crippen molar-refractivity contribution < 1.29 is 91.5 Å². The van der Waals surface area contributed by atoms with Gasteiger partial charge in [0.15, 0.2) is 0 Å². The van der Waals surface area contributed by atoms with Crippen molar-refractivity contribution in [3.05, 3.63) is 68.8 Å². The molecule has 2 rings (SSSR count). The molecule has 0 atom stereocenters. The summed E-state index contributed by atoms with van der Waals surface area (Å²) < 4.78 is 0. The van der Waals surface area contributed by atoms with Gasteiger partial charge in [-0.3, -0.25) is 20.2 Å². The second kappa shape index (κ2) is 14.3. The molecular formula is C13H12N2O4Pd4. The van der Waals surface area contributed by atoms with E-state index in [-0.39, 0.29) is 94.7 Å². The van der Waals surface area contributed by atoms with Crippen molar-refractivity contribution in [2.75, 3.05) is 0 Å². The van der Waals surface area contributed by atoms with E-state index in [1.165, 1.54) is 12.1 Å². The zero-order valence-corrected chi connectivity index (χ0v) is 16.6. The van der Waals surface area contributed by atoms with Crippen molar-refractivity contribution >= 4 is 11.4 Å². The fraction of sp³-hybridized carbons (Fsp3) is 0.0769. The van der Waals surface area contributed by atoms with Crippen LogP contribution in [0.25, 0.3) is 11.1 Å². The van der Waals surface area contributed by atoms with E-state index in [9.17, 15) is 20.2 Å². The van der Waals surface area contributed by atoms with Crippen molar-refractivity contribution in [2.45, 2.75) is 7.43 Å². The minimum Gasteiger partial charge on any atom is -0.258 e. The van der Waals surface area contributed by atoms with E-state index < -0.39 is 21.2 Å². The quantitative estimate of drug-likeness (QED) is 0.280. The molecule has 0 aliphatic heterocycles. The molecule has 6 nitrogen and oxygen atoms in total. The minimum atomic E-state index is -0.745. The Balaban J connectivity index is -0.000000361. The molecule has 0 aliphatic rings. The van der Waals surface area contributed by atoms with Crippen LogP contribution in [-0.2, 0) is 81.7 Å². The number of benzene rings is 2. The first-order valence-corrected chi connectivity index (χ1v) is 5.08. The van der Waals surface area contributed by atoms with Crippen LogP contribution in [0.5, 0.6) is 0 Å². The fourth-order valence-corrected chi connectivity index (χ4v) is 1.72. The molecule has 23 heavy (non-hydrogen) atoms. The smallest absolute Gasteiger partial charge is 0.258 e. The van der Waals surface area contributed by atoms with Crippen molar-refractivity contribution in [2.24, 2.45) is 0 Å². The molecule has 0 N–H and O–H groups in total. The van der Waals surface area contributed by atoms with Crippen LogP contribution >= 0.6 is 0 Å². The molecule has 2 aromatic carbocycles. The zero-order valence-electron chi connectivity index (χ0n) is 10.4. The summed E-state index contributed by atoms with van der Waals surface area (Å²) in [6.07, 6.45) is 0. The third-order valence-corrected chi connectivity index (χ3v) is 2.48. The molecule has 10 heteroatoms. The summed E-state index contributed by atoms with van der Waals surface area (Å²) in [5, 5.41) is 21.8. The number of rotatable bonds is 3. The first-order valence-electron chi connectivity index (χ1n) is 5.08. The molecule has 2 aromatic rings. The third-order valence-electron chi connectivity index (χ3n) is 2.48. The second-order valence-corrected chi connectivity index (χ2v) is 3.55. The topological polar surface area (TPSA) is 86.3 Å². The van der Waals surface area contributed by atoms with E-state index in [2.05, 4.69) is 0 Å². The fourth-order valence-electron chi connectivity index (χ4n) is 1.72. The standard InChI is InChI=1S/C12H8N2O4.CH4.4Pd/c15-13(16)11-8-4-7-10(12(11)14(17)18)9-5-2-1-3-6-9;;;;;/h1-8H;1H4;;;;. The van der Waals surface area contributed by atoms with Gasteiger partial charge >= 0.3 is 11.4 Å². The van der Waals surface area contributed by atoms with Gasteiger partial charge in [-0.2, -0.15) is 0 Å². The van der Waals surface area contributed by atoms with Gasteiger partial charge in [0.05, 0.1) is 15.4 Å². The zero-order chi connectivity index (χ0) is 13.1. The summed E-state index contributed by atoms with van der Waals surface area (Å²) in [5.41, 5.74) is -0.155. The number of hydrogen-bond acceptors (Lipinski definition) is 4. The Morgan fingerprint density at radius 1 is 0.696 bits per heavy atom. The average molecular weight is 686 g/mol. The van der Waals surface area contributed by atoms with E-state index >= 15 is 0 Å². The van der Waals surface area contributed by atoms with Crippen molar-refractivity contribution in [3.8, 4) is 11.1 Å². The molecule has 0 bridgehead atoms. The number of nitro benzene ring substituents is 2. The Labute approximate surface area is 188 Å². The van der Waals surface area contributed by atoms with Gasteiger partial charge < -0.3 is 0 Å². The molecule has 0 amide bonds. The SMILES string of the molecule is C.O=[N+]([O-])c1cccc(-c2ccccc2)c1[N+](=O)[O-].[Pd].[Pd].[Pd].[Pd]. The molecule has 0 saturated carbocycles. The predicted octanol–water partition coefficient (Wildman–Crippen LogP) is 3.80. The molecule has 0 heterocycles. The number of nitrogens with zero attached hydrogens (tertiary/aromatic N) is 2. The summed E-state index contributed by atoms with van der Waals surface area (Å²) in [6.45, 7) is 0. The van der Waals surface area contributed by atoms with Crippen LogP contribution in [0.3, 0.4) is 0 Å². The van der Waals surface area contributed by atoms with Crippen LogP contribution in [0.1, 0.15) is 7.43 Å². The van der Waals surface area contributed by atoms with Gasteiger partial charge in [0.2, 0.25) is 0 Å².